The molecule has 10 nitrogen and oxygen atoms in total. The number of nitro benzene ring substituents is 1. The minimum Gasteiger partial charge on any atom is -0.422 e. The number of non-ortho nitro benzene ring substituents is 1. The molecular formula is C27H22N4O6S. The van der Waals surface area contributed by atoms with Gasteiger partial charge in [0.25, 0.3) is 11.6 Å². The molecule has 3 aromatic carbocycles. The van der Waals surface area contributed by atoms with Crippen LogP contribution in [-0.4, -0.2) is 42.2 Å². The smallest absolute Gasteiger partial charge is 0.344 e. The molecule has 0 unspecified atom stereocenters. The molecular weight excluding hydrogens is 508 g/mol. The van der Waals surface area contributed by atoms with Gasteiger partial charge >= 0.3 is 5.63 Å². The van der Waals surface area contributed by atoms with Crippen LogP contribution < -0.4 is 21.2 Å². The SMILES string of the molecule is O=C(NC(=S)Nc1ccc(-c2cc3ccccc3oc2=O)cc1)c1cc([N+](=O)[O-])ccc1N1CCOCC1. The number of benzene rings is 3. The maximum atomic E-state index is 13.1. The average molecular weight is 531 g/mol. The van der Waals surface area contributed by atoms with Crippen LogP contribution in [0.5, 0.6) is 0 Å². The molecule has 1 saturated heterocycles. The number of carbonyl (C=O) groups is 1. The van der Waals surface area contributed by atoms with Crippen molar-refractivity contribution < 1.29 is 18.9 Å². The summed E-state index contributed by atoms with van der Waals surface area (Å²) >= 11 is 5.32. The number of nitrogens with zero attached hydrogens (tertiary/aromatic N) is 2. The van der Waals surface area contributed by atoms with E-state index in [1.165, 1.54) is 12.1 Å². The third-order valence-electron chi connectivity index (χ3n) is 6.11. The number of thiocarbonyl (C=S) groups is 1. The van der Waals surface area contributed by atoms with Crippen molar-refractivity contribution in [3.63, 3.8) is 0 Å². The lowest BCUT2D eigenvalue weighted by Crippen LogP contribution is -2.39. The highest BCUT2D eigenvalue weighted by Gasteiger charge is 2.22. The van der Waals surface area contributed by atoms with E-state index in [-0.39, 0.29) is 16.4 Å². The topological polar surface area (TPSA) is 127 Å². The zero-order valence-electron chi connectivity index (χ0n) is 20.0. The molecule has 192 valence electrons. The number of amides is 1. The number of carbonyl (C=O) groups excluding carboxylic acids is 1. The number of nitrogens with one attached hydrogen (secondary N) is 2. The monoisotopic (exact) mass is 530 g/mol. The van der Waals surface area contributed by atoms with E-state index in [1.807, 2.05) is 17.0 Å². The summed E-state index contributed by atoms with van der Waals surface area (Å²) in [5.74, 6) is -0.571. The van der Waals surface area contributed by atoms with Crippen LogP contribution in [0.3, 0.4) is 0 Å². The predicted molar refractivity (Wildman–Crippen MR) is 148 cm³/mol. The van der Waals surface area contributed by atoms with Gasteiger partial charge in [-0.05, 0) is 48.1 Å². The molecule has 0 bridgehead atoms. The van der Waals surface area contributed by atoms with Gasteiger partial charge in [0.2, 0.25) is 0 Å². The first-order chi connectivity index (χ1) is 18.4. The van der Waals surface area contributed by atoms with E-state index in [0.29, 0.717) is 54.4 Å². The van der Waals surface area contributed by atoms with E-state index >= 15 is 0 Å². The molecule has 2 N–H and O–H groups in total. The second kappa shape index (κ2) is 10.8. The van der Waals surface area contributed by atoms with E-state index in [4.69, 9.17) is 21.4 Å². The van der Waals surface area contributed by atoms with Gasteiger partial charge in [0.15, 0.2) is 5.11 Å². The molecule has 0 spiro atoms. The van der Waals surface area contributed by atoms with Crippen LogP contribution in [0.2, 0.25) is 0 Å². The Morgan fingerprint density at radius 3 is 2.47 bits per heavy atom. The quantitative estimate of drug-likeness (QED) is 0.168. The molecule has 0 radical (unpaired) electrons. The van der Waals surface area contributed by atoms with Gasteiger partial charge in [0.1, 0.15) is 5.58 Å². The normalized spacial score (nSPS) is 13.2. The molecule has 4 aromatic rings. The number of anilines is 2. The molecule has 1 aromatic heterocycles. The fourth-order valence-electron chi connectivity index (χ4n) is 4.23. The molecule has 1 aliphatic rings. The van der Waals surface area contributed by atoms with E-state index in [0.717, 1.165) is 5.39 Å². The van der Waals surface area contributed by atoms with Crippen molar-refractivity contribution in [1.82, 2.24) is 5.32 Å². The molecule has 1 aliphatic heterocycles. The standard InChI is InChI=1S/C27H22N4O6S/c32-25(22-16-20(31(34)35)9-10-23(22)30-11-13-36-14-12-30)29-27(38)28-19-7-5-17(6-8-19)21-15-18-3-1-2-4-24(18)37-26(21)33/h1-10,15-16H,11-14H2,(H2,28,29,32,38). The summed E-state index contributed by atoms with van der Waals surface area (Å²) in [4.78, 5) is 38.3. The molecule has 0 aliphatic carbocycles. The summed E-state index contributed by atoms with van der Waals surface area (Å²) in [5.41, 5.74) is 2.25. The van der Waals surface area contributed by atoms with Gasteiger partial charge in [-0.25, -0.2) is 4.79 Å². The van der Waals surface area contributed by atoms with Crippen molar-refractivity contribution in [3.8, 4) is 11.1 Å². The zero-order valence-corrected chi connectivity index (χ0v) is 20.8. The van der Waals surface area contributed by atoms with Crippen molar-refractivity contribution in [2.24, 2.45) is 0 Å². The van der Waals surface area contributed by atoms with Crippen molar-refractivity contribution in [2.75, 3.05) is 36.5 Å². The van der Waals surface area contributed by atoms with Crippen LogP contribution in [-0.2, 0) is 4.74 Å². The second-order valence-electron chi connectivity index (χ2n) is 8.53. The fourth-order valence-corrected chi connectivity index (χ4v) is 4.44. The van der Waals surface area contributed by atoms with Gasteiger partial charge in [-0.3, -0.25) is 20.2 Å². The van der Waals surface area contributed by atoms with Crippen molar-refractivity contribution in [2.45, 2.75) is 0 Å². The first-order valence-electron chi connectivity index (χ1n) is 11.8. The Labute approximate surface area is 222 Å². The molecule has 2 heterocycles. The maximum absolute atomic E-state index is 13.1. The molecule has 11 heteroatoms. The van der Waals surface area contributed by atoms with Crippen LogP contribution in [0.4, 0.5) is 17.1 Å². The van der Waals surface area contributed by atoms with E-state index < -0.39 is 16.5 Å². The predicted octanol–water partition coefficient (Wildman–Crippen LogP) is 4.33. The number of hydrogen-bond acceptors (Lipinski definition) is 8. The maximum Gasteiger partial charge on any atom is 0.344 e. The number of fused-ring (bicyclic) bond motifs is 1. The third-order valence-corrected chi connectivity index (χ3v) is 6.31. The summed E-state index contributed by atoms with van der Waals surface area (Å²) in [5, 5.41) is 17.7. The van der Waals surface area contributed by atoms with Gasteiger partial charge in [0, 0.05) is 36.3 Å². The Morgan fingerprint density at radius 2 is 1.74 bits per heavy atom. The Hall–Kier alpha value is -4.61. The van der Waals surface area contributed by atoms with E-state index in [2.05, 4.69) is 10.6 Å². The first-order valence-corrected chi connectivity index (χ1v) is 12.2. The van der Waals surface area contributed by atoms with E-state index in [9.17, 15) is 19.7 Å². The van der Waals surface area contributed by atoms with E-state index in [1.54, 1.807) is 48.5 Å². The average Bonchev–Trinajstić information content (AvgIpc) is 2.93. The van der Waals surface area contributed by atoms with Gasteiger partial charge in [-0.15, -0.1) is 0 Å². The van der Waals surface area contributed by atoms with Crippen LogP contribution >= 0.6 is 12.2 Å². The minimum atomic E-state index is -0.571. The number of ether oxygens (including phenoxy) is 1. The van der Waals surface area contributed by atoms with Crippen LogP contribution in [0, 0.1) is 10.1 Å². The first kappa shape index (κ1) is 25.1. The van der Waals surface area contributed by atoms with Crippen molar-refractivity contribution >= 4 is 51.3 Å². The molecule has 1 amide bonds. The summed E-state index contributed by atoms with van der Waals surface area (Å²) in [6, 6.07) is 20.1. The molecule has 0 atom stereocenters. The second-order valence-corrected chi connectivity index (χ2v) is 8.94. The number of morpholine rings is 1. The highest BCUT2D eigenvalue weighted by Crippen LogP contribution is 2.27. The lowest BCUT2D eigenvalue weighted by molar-refractivity contribution is -0.384. The van der Waals surface area contributed by atoms with Gasteiger partial charge in [0.05, 0.1) is 35.0 Å². The lowest BCUT2D eigenvalue weighted by Gasteiger charge is -2.30. The highest BCUT2D eigenvalue weighted by molar-refractivity contribution is 7.80. The number of nitro groups is 1. The van der Waals surface area contributed by atoms with Crippen LogP contribution in [0.1, 0.15) is 10.4 Å². The van der Waals surface area contributed by atoms with Gasteiger partial charge in [-0.1, -0.05) is 30.3 Å². The van der Waals surface area contributed by atoms with Crippen LogP contribution in [0.15, 0.2) is 82.0 Å². The summed E-state index contributed by atoms with van der Waals surface area (Å²) in [6.45, 7) is 2.11. The molecule has 5 rings (SSSR count). The number of rotatable bonds is 5. The number of hydrogen-bond donors (Lipinski definition) is 2. The molecule has 0 saturated carbocycles. The van der Waals surface area contributed by atoms with Crippen LogP contribution in [0.25, 0.3) is 22.1 Å². The Bertz CT molecular complexity index is 1600. The summed E-state index contributed by atoms with van der Waals surface area (Å²) in [7, 11) is 0. The zero-order chi connectivity index (χ0) is 26.6. The van der Waals surface area contributed by atoms with Gasteiger partial charge < -0.3 is 19.4 Å². The largest absolute Gasteiger partial charge is 0.422 e. The minimum absolute atomic E-state index is 0.0207. The molecule has 1 fully saturated rings. The lowest BCUT2D eigenvalue weighted by atomic mass is 10.1. The fraction of sp³-hybridized carbons (Fsp3) is 0.148. The summed E-state index contributed by atoms with van der Waals surface area (Å²) < 4.78 is 10.8. The third kappa shape index (κ3) is 5.38. The van der Waals surface area contributed by atoms with Crippen molar-refractivity contribution in [3.05, 3.63) is 98.9 Å². The Kier molecular flexibility index (Phi) is 7.11. The van der Waals surface area contributed by atoms with Gasteiger partial charge in [-0.2, -0.15) is 0 Å². The highest BCUT2D eigenvalue weighted by atomic mass is 32.1. The Morgan fingerprint density at radius 1 is 1.00 bits per heavy atom. The number of para-hydroxylation sites is 1. The van der Waals surface area contributed by atoms with Crippen molar-refractivity contribution in [1.29, 1.82) is 0 Å². The summed E-state index contributed by atoms with van der Waals surface area (Å²) in [6.07, 6.45) is 0. The Balaban J connectivity index is 1.31. The molecule has 38 heavy (non-hydrogen) atoms.